The molecule has 0 fully saturated rings. The molecule has 2 aromatic rings. The van der Waals surface area contributed by atoms with Crippen LogP contribution in [-0.2, 0) is 11.2 Å². The fraction of sp³-hybridized carbons (Fsp3) is 0.0667. The Labute approximate surface area is 126 Å². The van der Waals surface area contributed by atoms with Crippen molar-refractivity contribution in [2.24, 2.45) is 0 Å². The Hall–Kier alpha value is -2.71. The van der Waals surface area contributed by atoms with Gasteiger partial charge >= 0.3 is 0 Å². The van der Waals surface area contributed by atoms with Gasteiger partial charge in [-0.2, -0.15) is 5.26 Å². The van der Waals surface area contributed by atoms with Gasteiger partial charge in [-0.05, 0) is 35.9 Å². The van der Waals surface area contributed by atoms with Gasteiger partial charge in [0.05, 0.1) is 40.1 Å². The number of rotatable bonds is 2. The van der Waals surface area contributed by atoms with Gasteiger partial charge < -0.3 is 16.4 Å². The van der Waals surface area contributed by atoms with E-state index >= 15 is 0 Å². The Morgan fingerprint density at radius 3 is 2.86 bits per heavy atom. The highest BCUT2D eigenvalue weighted by Crippen LogP contribution is 2.35. The fourth-order valence-electron chi connectivity index (χ4n) is 2.24. The van der Waals surface area contributed by atoms with E-state index in [2.05, 4.69) is 16.7 Å². The standard InChI is InChI=1S/C15H11ClN4O/c16-10-2-1-8(7-17)3-13(10)19-14-6-12-9(4-11(14)18)5-15(21)20-12/h1-4,6,19H,5,18H2,(H,20,21). The number of carbonyl (C=O) groups excluding carboxylic acids is 1. The summed E-state index contributed by atoms with van der Waals surface area (Å²) in [6.45, 7) is 0. The first kappa shape index (κ1) is 13.3. The number of nitrogens with one attached hydrogen (secondary N) is 2. The predicted molar refractivity (Wildman–Crippen MR) is 82.6 cm³/mol. The maximum absolute atomic E-state index is 11.4. The largest absolute Gasteiger partial charge is 0.397 e. The highest BCUT2D eigenvalue weighted by molar-refractivity contribution is 6.33. The smallest absolute Gasteiger partial charge is 0.228 e. The average molecular weight is 299 g/mol. The summed E-state index contributed by atoms with van der Waals surface area (Å²) in [7, 11) is 0. The number of nitriles is 1. The summed E-state index contributed by atoms with van der Waals surface area (Å²) in [5, 5.41) is 15.3. The van der Waals surface area contributed by atoms with Crippen molar-refractivity contribution in [1.82, 2.24) is 0 Å². The number of nitrogens with zero attached hydrogens (tertiary/aromatic N) is 1. The van der Waals surface area contributed by atoms with Gasteiger partial charge in [0.15, 0.2) is 0 Å². The Morgan fingerprint density at radius 2 is 2.10 bits per heavy atom. The minimum atomic E-state index is -0.0499. The summed E-state index contributed by atoms with van der Waals surface area (Å²) >= 11 is 6.11. The Balaban J connectivity index is 1.98. The van der Waals surface area contributed by atoms with Crippen LogP contribution in [0, 0.1) is 11.3 Å². The van der Waals surface area contributed by atoms with Crippen LogP contribution in [0.4, 0.5) is 22.7 Å². The third-order valence-electron chi connectivity index (χ3n) is 3.27. The maximum Gasteiger partial charge on any atom is 0.228 e. The van der Waals surface area contributed by atoms with Crippen molar-refractivity contribution in [2.75, 3.05) is 16.4 Å². The molecule has 21 heavy (non-hydrogen) atoms. The molecule has 0 bridgehead atoms. The highest BCUT2D eigenvalue weighted by atomic mass is 35.5. The molecule has 2 aromatic carbocycles. The van der Waals surface area contributed by atoms with Gasteiger partial charge in [-0.3, -0.25) is 4.79 Å². The first-order chi connectivity index (χ1) is 10.1. The van der Waals surface area contributed by atoms with Crippen LogP contribution in [0.2, 0.25) is 5.02 Å². The predicted octanol–water partition coefficient (Wildman–Crippen LogP) is 3.03. The van der Waals surface area contributed by atoms with E-state index in [-0.39, 0.29) is 5.91 Å². The Bertz CT molecular complexity index is 795. The van der Waals surface area contributed by atoms with Crippen molar-refractivity contribution in [3.8, 4) is 6.07 Å². The van der Waals surface area contributed by atoms with Gasteiger partial charge in [0.2, 0.25) is 5.91 Å². The minimum absolute atomic E-state index is 0.0499. The molecule has 0 atom stereocenters. The molecule has 0 spiro atoms. The zero-order chi connectivity index (χ0) is 15.0. The summed E-state index contributed by atoms with van der Waals surface area (Å²) in [5.41, 5.74) is 9.85. The molecule has 1 amide bonds. The quantitative estimate of drug-likeness (QED) is 0.743. The lowest BCUT2D eigenvalue weighted by molar-refractivity contribution is -0.115. The van der Waals surface area contributed by atoms with Crippen molar-refractivity contribution in [3.05, 3.63) is 46.5 Å². The van der Waals surface area contributed by atoms with Crippen molar-refractivity contribution in [2.45, 2.75) is 6.42 Å². The third kappa shape index (κ3) is 2.49. The molecule has 5 nitrogen and oxygen atoms in total. The molecule has 3 rings (SSSR count). The molecule has 1 aliphatic rings. The Kier molecular flexibility index (Phi) is 3.16. The zero-order valence-electron chi connectivity index (χ0n) is 10.9. The number of hydrogen-bond acceptors (Lipinski definition) is 4. The molecule has 0 saturated carbocycles. The molecule has 6 heteroatoms. The van der Waals surface area contributed by atoms with E-state index < -0.39 is 0 Å². The van der Waals surface area contributed by atoms with E-state index in [1.54, 1.807) is 30.3 Å². The van der Waals surface area contributed by atoms with Crippen molar-refractivity contribution in [3.63, 3.8) is 0 Å². The normalized spacial score (nSPS) is 12.5. The molecule has 0 unspecified atom stereocenters. The second kappa shape index (κ2) is 5.00. The van der Waals surface area contributed by atoms with Gasteiger partial charge in [0.25, 0.3) is 0 Å². The highest BCUT2D eigenvalue weighted by Gasteiger charge is 2.19. The van der Waals surface area contributed by atoms with E-state index in [9.17, 15) is 4.79 Å². The van der Waals surface area contributed by atoms with Crippen LogP contribution < -0.4 is 16.4 Å². The first-order valence-corrected chi connectivity index (χ1v) is 6.63. The number of nitrogen functional groups attached to an aromatic ring is 1. The van der Waals surface area contributed by atoms with Gasteiger partial charge in [-0.15, -0.1) is 0 Å². The lowest BCUT2D eigenvalue weighted by Crippen LogP contribution is -2.03. The van der Waals surface area contributed by atoms with Crippen LogP contribution in [0.25, 0.3) is 0 Å². The average Bonchev–Trinajstić information content (AvgIpc) is 2.80. The van der Waals surface area contributed by atoms with Crippen molar-refractivity contribution < 1.29 is 4.79 Å². The molecular weight excluding hydrogens is 288 g/mol. The summed E-state index contributed by atoms with van der Waals surface area (Å²) < 4.78 is 0. The second-order valence-corrected chi connectivity index (χ2v) is 5.16. The number of nitrogens with two attached hydrogens (primary N) is 1. The van der Waals surface area contributed by atoms with Crippen molar-refractivity contribution in [1.29, 1.82) is 5.26 Å². The van der Waals surface area contributed by atoms with E-state index in [0.717, 1.165) is 11.3 Å². The van der Waals surface area contributed by atoms with Crippen LogP contribution in [-0.4, -0.2) is 5.91 Å². The summed E-state index contributed by atoms with van der Waals surface area (Å²) in [5.74, 6) is -0.0499. The number of amides is 1. The third-order valence-corrected chi connectivity index (χ3v) is 3.59. The summed E-state index contributed by atoms with van der Waals surface area (Å²) in [4.78, 5) is 11.4. The topological polar surface area (TPSA) is 90.9 Å². The second-order valence-electron chi connectivity index (χ2n) is 4.75. The molecule has 1 aliphatic heterocycles. The summed E-state index contributed by atoms with van der Waals surface area (Å²) in [6.07, 6.45) is 0.338. The molecule has 1 heterocycles. The van der Waals surface area contributed by atoms with Gasteiger partial charge in [-0.1, -0.05) is 11.6 Å². The van der Waals surface area contributed by atoms with E-state index in [1.807, 2.05) is 0 Å². The number of fused-ring (bicyclic) bond motifs is 1. The zero-order valence-corrected chi connectivity index (χ0v) is 11.7. The number of anilines is 4. The molecule has 104 valence electrons. The van der Waals surface area contributed by atoms with Crippen LogP contribution >= 0.6 is 11.6 Å². The molecule has 0 radical (unpaired) electrons. The Morgan fingerprint density at radius 1 is 1.29 bits per heavy atom. The summed E-state index contributed by atoms with van der Waals surface area (Å²) in [6, 6.07) is 10.5. The first-order valence-electron chi connectivity index (χ1n) is 6.26. The van der Waals surface area contributed by atoms with Gasteiger partial charge in [0.1, 0.15) is 0 Å². The van der Waals surface area contributed by atoms with Gasteiger partial charge in [0, 0.05) is 5.69 Å². The fourth-order valence-corrected chi connectivity index (χ4v) is 2.40. The minimum Gasteiger partial charge on any atom is -0.397 e. The molecule has 4 N–H and O–H groups in total. The maximum atomic E-state index is 11.4. The van der Waals surface area contributed by atoms with E-state index in [4.69, 9.17) is 22.6 Å². The number of benzene rings is 2. The van der Waals surface area contributed by atoms with Crippen LogP contribution in [0.15, 0.2) is 30.3 Å². The van der Waals surface area contributed by atoms with Crippen molar-refractivity contribution >= 4 is 40.3 Å². The monoisotopic (exact) mass is 298 g/mol. The van der Waals surface area contributed by atoms with Crippen LogP contribution in [0.3, 0.4) is 0 Å². The van der Waals surface area contributed by atoms with Crippen LogP contribution in [0.1, 0.15) is 11.1 Å². The van der Waals surface area contributed by atoms with E-state index in [1.165, 1.54) is 0 Å². The molecular formula is C15H11ClN4O. The molecule has 0 aliphatic carbocycles. The number of halogens is 1. The number of carbonyl (C=O) groups is 1. The molecule has 0 aromatic heterocycles. The van der Waals surface area contributed by atoms with Crippen LogP contribution in [0.5, 0.6) is 0 Å². The molecule has 0 saturated heterocycles. The number of hydrogen-bond donors (Lipinski definition) is 3. The lowest BCUT2D eigenvalue weighted by atomic mass is 10.1. The van der Waals surface area contributed by atoms with Gasteiger partial charge in [-0.25, -0.2) is 0 Å². The van der Waals surface area contributed by atoms with E-state index in [0.29, 0.717) is 34.1 Å². The SMILES string of the molecule is N#Cc1ccc(Cl)c(Nc2cc3c(cc2N)CC(=O)N3)c1. The lowest BCUT2D eigenvalue weighted by Gasteiger charge is -2.13.